The number of H-pyrrole nitrogens is 1. The molecule has 1 aliphatic rings. The molecule has 142 valence electrons. The molecule has 1 aliphatic heterocycles. The minimum Gasteiger partial charge on any atom is -0.494 e. The van der Waals surface area contributed by atoms with Crippen LogP contribution < -0.4 is 10.3 Å². The van der Waals surface area contributed by atoms with E-state index in [1.165, 1.54) is 25.4 Å². The monoisotopic (exact) mass is 375 g/mol. The second-order valence-corrected chi connectivity index (χ2v) is 6.11. The molecule has 1 N–H and O–H groups in total. The summed E-state index contributed by atoms with van der Waals surface area (Å²) in [6.45, 7) is 2.03. The Morgan fingerprint density at radius 3 is 2.74 bits per heavy atom. The Hall–Kier alpha value is -2.87. The summed E-state index contributed by atoms with van der Waals surface area (Å²) in [6.07, 6.45) is 5.22. The molecule has 27 heavy (non-hydrogen) atoms. The zero-order valence-corrected chi connectivity index (χ0v) is 14.9. The summed E-state index contributed by atoms with van der Waals surface area (Å²) in [4.78, 5) is 23.0. The standard InChI is InChI=1S/C12H13N3O2.C7H6F2O/c1-7-2-3-10(17-7)11-14-9-4-5-13-6-8(9)12(16)15-11;1-10-6-4-2-3-5(8)7(6)9/h4-7,10H,2-3H2,1H3,(H,14,15,16);2-4H,1H3. The minimum absolute atomic E-state index is 0.0694. The van der Waals surface area contributed by atoms with Gasteiger partial charge in [-0.15, -0.1) is 0 Å². The van der Waals surface area contributed by atoms with Crippen LogP contribution >= 0.6 is 0 Å². The van der Waals surface area contributed by atoms with Gasteiger partial charge in [-0.25, -0.2) is 9.37 Å². The first kappa shape index (κ1) is 18.9. The second kappa shape index (κ2) is 8.22. The highest BCUT2D eigenvalue weighted by Crippen LogP contribution is 2.30. The molecule has 1 fully saturated rings. The van der Waals surface area contributed by atoms with Crippen molar-refractivity contribution in [2.45, 2.75) is 32.0 Å². The van der Waals surface area contributed by atoms with Gasteiger partial charge in [0.15, 0.2) is 11.6 Å². The first-order valence-electron chi connectivity index (χ1n) is 8.47. The maximum absolute atomic E-state index is 12.5. The van der Waals surface area contributed by atoms with E-state index in [2.05, 4.69) is 19.7 Å². The highest BCUT2D eigenvalue weighted by Gasteiger charge is 2.25. The zero-order chi connectivity index (χ0) is 19.4. The predicted octanol–water partition coefficient (Wildman–Crippen LogP) is 3.53. The molecule has 2 atom stereocenters. The van der Waals surface area contributed by atoms with Crippen molar-refractivity contribution in [1.29, 1.82) is 0 Å². The molecule has 2 unspecified atom stereocenters. The number of rotatable bonds is 2. The molecule has 3 aromatic rings. The normalized spacial score (nSPS) is 18.8. The summed E-state index contributed by atoms with van der Waals surface area (Å²) in [7, 11) is 1.29. The first-order valence-corrected chi connectivity index (χ1v) is 8.47. The van der Waals surface area contributed by atoms with Crippen LogP contribution in [0.5, 0.6) is 5.75 Å². The third-order valence-electron chi connectivity index (χ3n) is 4.20. The lowest BCUT2D eigenvalue weighted by Gasteiger charge is -2.10. The molecule has 0 saturated carbocycles. The van der Waals surface area contributed by atoms with E-state index in [0.717, 1.165) is 18.9 Å². The first-order chi connectivity index (χ1) is 13.0. The van der Waals surface area contributed by atoms with Crippen LogP contribution in [0.2, 0.25) is 0 Å². The van der Waals surface area contributed by atoms with Gasteiger partial charge in [0.2, 0.25) is 5.82 Å². The molecule has 0 amide bonds. The van der Waals surface area contributed by atoms with Gasteiger partial charge in [-0.3, -0.25) is 9.78 Å². The molecular formula is C19H19F2N3O3. The van der Waals surface area contributed by atoms with Crippen LogP contribution in [0.25, 0.3) is 10.9 Å². The molecule has 3 heterocycles. The van der Waals surface area contributed by atoms with E-state index >= 15 is 0 Å². The zero-order valence-electron chi connectivity index (χ0n) is 14.9. The fourth-order valence-corrected chi connectivity index (χ4v) is 2.80. The molecule has 1 aromatic carbocycles. The van der Waals surface area contributed by atoms with Gasteiger partial charge in [-0.2, -0.15) is 4.39 Å². The molecule has 8 heteroatoms. The van der Waals surface area contributed by atoms with E-state index in [4.69, 9.17) is 4.74 Å². The van der Waals surface area contributed by atoms with Crippen molar-refractivity contribution in [3.8, 4) is 5.75 Å². The molecule has 0 aliphatic carbocycles. The van der Waals surface area contributed by atoms with E-state index in [0.29, 0.717) is 16.7 Å². The Bertz CT molecular complexity index is 993. The van der Waals surface area contributed by atoms with Crippen LogP contribution in [0.4, 0.5) is 8.78 Å². The third-order valence-corrected chi connectivity index (χ3v) is 4.20. The average molecular weight is 375 g/mol. The van der Waals surface area contributed by atoms with Crippen LogP contribution in [0.15, 0.2) is 41.5 Å². The number of halogens is 2. The Morgan fingerprint density at radius 2 is 2.07 bits per heavy atom. The van der Waals surface area contributed by atoms with Crippen LogP contribution in [-0.2, 0) is 4.74 Å². The van der Waals surface area contributed by atoms with Gasteiger partial charge in [0.25, 0.3) is 5.56 Å². The number of nitrogens with zero attached hydrogens (tertiary/aromatic N) is 2. The summed E-state index contributed by atoms with van der Waals surface area (Å²) >= 11 is 0. The van der Waals surface area contributed by atoms with Gasteiger partial charge in [0.1, 0.15) is 11.9 Å². The van der Waals surface area contributed by atoms with Crippen molar-refractivity contribution in [2.75, 3.05) is 7.11 Å². The topological polar surface area (TPSA) is 77.1 Å². The molecule has 6 nitrogen and oxygen atoms in total. The summed E-state index contributed by atoms with van der Waals surface area (Å²) < 4.78 is 35.0. The molecule has 4 rings (SSSR count). The van der Waals surface area contributed by atoms with Gasteiger partial charge in [0.05, 0.1) is 24.1 Å². The van der Waals surface area contributed by atoms with Crippen LogP contribution in [0.1, 0.15) is 31.7 Å². The second-order valence-electron chi connectivity index (χ2n) is 6.11. The lowest BCUT2D eigenvalue weighted by molar-refractivity contribution is 0.0504. The third kappa shape index (κ3) is 4.28. The van der Waals surface area contributed by atoms with Crippen molar-refractivity contribution in [3.05, 3.63) is 64.5 Å². The fraction of sp³-hybridized carbons (Fsp3) is 0.316. The molecule has 0 bridgehead atoms. The van der Waals surface area contributed by atoms with Crippen LogP contribution in [-0.4, -0.2) is 28.2 Å². The quantitative estimate of drug-likeness (QED) is 0.741. The van der Waals surface area contributed by atoms with Gasteiger partial charge in [0, 0.05) is 12.4 Å². The van der Waals surface area contributed by atoms with E-state index in [9.17, 15) is 13.6 Å². The van der Waals surface area contributed by atoms with Crippen molar-refractivity contribution < 1.29 is 18.3 Å². The average Bonchev–Trinajstić information content (AvgIpc) is 3.11. The van der Waals surface area contributed by atoms with E-state index < -0.39 is 11.6 Å². The highest BCUT2D eigenvalue weighted by atomic mass is 19.2. The van der Waals surface area contributed by atoms with E-state index in [1.54, 1.807) is 12.3 Å². The Balaban J connectivity index is 0.000000180. The highest BCUT2D eigenvalue weighted by molar-refractivity contribution is 5.75. The van der Waals surface area contributed by atoms with Crippen molar-refractivity contribution in [3.63, 3.8) is 0 Å². The number of hydrogen-bond acceptors (Lipinski definition) is 5. The number of aromatic amines is 1. The maximum Gasteiger partial charge on any atom is 0.260 e. The van der Waals surface area contributed by atoms with E-state index in [1.807, 2.05) is 6.92 Å². The van der Waals surface area contributed by atoms with Gasteiger partial charge < -0.3 is 14.5 Å². The number of nitrogens with one attached hydrogen (secondary N) is 1. The predicted molar refractivity (Wildman–Crippen MR) is 95.6 cm³/mol. The minimum atomic E-state index is -0.940. The largest absolute Gasteiger partial charge is 0.494 e. The number of methoxy groups -OCH3 is 1. The van der Waals surface area contributed by atoms with Gasteiger partial charge >= 0.3 is 0 Å². The lowest BCUT2D eigenvalue weighted by Crippen LogP contribution is -2.15. The Kier molecular flexibility index (Phi) is 5.75. The number of fused-ring (bicyclic) bond motifs is 1. The molecule has 2 aromatic heterocycles. The van der Waals surface area contributed by atoms with Crippen molar-refractivity contribution in [2.24, 2.45) is 0 Å². The number of pyridine rings is 1. The van der Waals surface area contributed by atoms with Crippen LogP contribution in [0.3, 0.4) is 0 Å². The number of hydrogen-bond donors (Lipinski definition) is 1. The Labute approximate surface area is 154 Å². The molecule has 0 radical (unpaired) electrons. The van der Waals surface area contributed by atoms with Gasteiger partial charge in [-0.05, 0) is 38.0 Å². The fourth-order valence-electron chi connectivity index (χ4n) is 2.80. The van der Waals surface area contributed by atoms with Gasteiger partial charge in [-0.1, -0.05) is 6.07 Å². The van der Waals surface area contributed by atoms with E-state index in [-0.39, 0.29) is 23.5 Å². The summed E-state index contributed by atoms with van der Waals surface area (Å²) in [5, 5.41) is 0.516. The number of aromatic nitrogens is 3. The smallest absolute Gasteiger partial charge is 0.260 e. The van der Waals surface area contributed by atoms with Crippen LogP contribution in [0, 0.1) is 11.6 Å². The Morgan fingerprint density at radius 1 is 1.26 bits per heavy atom. The van der Waals surface area contributed by atoms with Crippen molar-refractivity contribution >= 4 is 10.9 Å². The van der Waals surface area contributed by atoms with Crippen molar-refractivity contribution in [1.82, 2.24) is 15.0 Å². The SMILES string of the molecule is CC1CCC(c2nc3ccncc3c(=O)[nH]2)O1.COc1cccc(F)c1F. The maximum atomic E-state index is 12.5. The molecule has 1 saturated heterocycles. The molecular weight excluding hydrogens is 356 g/mol. The summed E-state index contributed by atoms with van der Waals surface area (Å²) in [5.74, 6) is -1.28. The number of ether oxygens (including phenoxy) is 2. The molecule has 0 spiro atoms. The summed E-state index contributed by atoms with van der Waals surface area (Å²) in [5.41, 5.74) is 0.517. The number of benzene rings is 1. The lowest BCUT2D eigenvalue weighted by atomic mass is 10.2. The summed E-state index contributed by atoms with van der Waals surface area (Å²) in [6, 6.07) is 5.53.